The van der Waals surface area contributed by atoms with Crippen LogP contribution in [0.4, 0.5) is 0 Å². The van der Waals surface area contributed by atoms with E-state index in [2.05, 4.69) is 33.1 Å². The van der Waals surface area contributed by atoms with E-state index in [0.717, 1.165) is 14.3 Å². The number of fused-ring (bicyclic) bond motifs is 1. The molecule has 0 aromatic heterocycles. The van der Waals surface area contributed by atoms with Crippen LogP contribution in [0.3, 0.4) is 0 Å². The Morgan fingerprint density at radius 3 is 2.61 bits per heavy atom. The van der Waals surface area contributed by atoms with Crippen LogP contribution in [0.15, 0.2) is 65.8 Å². The second kappa shape index (κ2) is 6.78. The number of phenolic OH excluding ortho intramolecular Hbond substituents is 1. The predicted molar refractivity (Wildman–Crippen MR) is 99.8 cm³/mol. The Bertz CT molecular complexity index is 906. The first-order valence-corrected chi connectivity index (χ1v) is 8.03. The van der Waals surface area contributed by atoms with Crippen LogP contribution in [0.25, 0.3) is 10.8 Å². The van der Waals surface area contributed by atoms with Gasteiger partial charge in [0, 0.05) is 9.13 Å². The van der Waals surface area contributed by atoms with Crippen molar-refractivity contribution in [3.63, 3.8) is 0 Å². The van der Waals surface area contributed by atoms with Gasteiger partial charge in [-0.15, -0.1) is 0 Å². The summed E-state index contributed by atoms with van der Waals surface area (Å²) < 4.78 is 0.853. The van der Waals surface area contributed by atoms with Crippen molar-refractivity contribution in [1.29, 1.82) is 0 Å². The quantitative estimate of drug-likeness (QED) is 0.387. The molecule has 2 N–H and O–H groups in total. The highest BCUT2D eigenvalue weighted by molar-refractivity contribution is 14.1. The van der Waals surface area contributed by atoms with Crippen LogP contribution in [0.5, 0.6) is 5.75 Å². The Hall–Kier alpha value is -2.41. The van der Waals surface area contributed by atoms with Crippen molar-refractivity contribution in [1.82, 2.24) is 5.43 Å². The van der Waals surface area contributed by atoms with Crippen molar-refractivity contribution in [2.45, 2.75) is 0 Å². The van der Waals surface area contributed by atoms with Gasteiger partial charge in [0.15, 0.2) is 0 Å². The van der Waals surface area contributed by atoms with Gasteiger partial charge in [-0.1, -0.05) is 42.5 Å². The second-order valence-corrected chi connectivity index (χ2v) is 6.06. The third-order valence-electron chi connectivity index (χ3n) is 3.43. The molecule has 3 aromatic carbocycles. The molecule has 0 aliphatic rings. The SMILES string of the molecule is O=C(NN=Cc1c(O)ccc2ccccc12)c1ccccc1I. The van der Waals surface area contributed by atoms with E-state index in [1.54, 1.807) is 18.2 Å². The summed E-state index contributed by atoms with van der Waals surface area (Å²) in [7, 11) is 0. The minimum atomic E-state index is -0.286. The summed E-state index contributed by atoms with van der Waals surface area (Å²) in [6, 6.07) is 18.4. The van der Waals surface area contributed by atoms with Crippen LogP contribution >= 0.6 is 22.6 Å². The molecule has 3 aromatic rings. The lowest BCUT2D eigenvalue weighted by molar-refractivity contribution is 0.0954. The maximum Gasteiger partial charge on any atom is 0.272 e. The molecule has 0 fully saturated rings. The normalized spacial score (nSPS) is 11.0. The molecule has 114 valence electrons. The number of hydrogen-bond acceptors (Lipinski definition) is 3. The molecule has 0 radical (unpaired) electrons. The van der Waals surface area contributed by atoms with E-state index < -0.39 is 0 Å². The Balaban J connectivity index is 1.85. The molecule has 0 heterocycles. The zero-order chi connectivity index (χ0) is 16.2. The van der Waals surface area contributed by atoms with Gasteiger partial charge in [0.05, 0.1) is 11.8 Å². The first kappa shape index (κ1) is 15.5. The van der Waals surface area contributed by atoms with Crippen LogP contribution in [0.1, 0.15) is 15.9 Å². The number of nitrogens with zero attached hydrogens (tertiary/aromatic N) is 1. The third kappa shape index (κ3) is 3.34. The fraction of sp³-hybridized carbons (Fsp3) is 0. The highest BCUT2D eigenvalue weighted by atomic mass is 127. The molecule has 1 amide bonds. The van der Waals surface area contributed by atoms with Gasteiger partial charge >= 0.3 is 0 Å². The number of hydrazone groups is 1. The molecule has 4 nitrogen and oxygen atoms in total. The van der Waals surface area contributed by atoms with Gasteiger partial charge in [-0.2, -0.15) is 5.10 Å². The van der Waals surface area contributed by atoms with E-state index in [9.17, 15) is 9.90 Å². The van der Waals surface area contributed by atoms with Crippen LogP contribution in [0.2, 0.25) is 0 Å². The van der Waals surface area contributed by atoms with Gasteiger partial charge in [0.2, 0.25) is 0 Å². The average Bonchev–Trinajstić information content (AvgIpc) is 2.57. The van der Waals surface area contributed by atoms with E-state index >= 15 is 0 Å². The maximum atomic E-state index is 12.1. The maximum absolute atomic E-state index is 12.1. The van der Waals surface area contributed by atoms with E-state index in [-0.39, 0.29) is 11.7 Å². The summed E-state index contributed by atoms with van der Waals surface area (Å²) >= 11 is 2.10. The molecule has 23 heavy (non-hydrogen) atoms. The number of phenols is 1. The number of amides is 1. The monoisotopic (exact) mass is 416 g/mol. The second-order valence-electron chi connectivity index (χ2n) is 4.90. The molecule has 0 bridgehead atoms. The molecule has 0 spiro atoms. The van der Waals surface area contributed by atoms with Gasteiger partial charge in [0.1, 0.15) is 5.75 Å². The molecule has 3 rings (SSSR count). The highest BCUT2D eigenvalue weighted by Gasteiger charge is 2.08. The number of nitrogens with one attached hydrogen (secondary N) is 1. The predicted octanol–water partition coefficient (Wildman–Crippen LogP) is 3.91. The van der Waals surface area contributed by atoms with Crippen molar-refractivity contribution in [3.8, 4) is 5.75 Å². The highest BCUT2D eigenvalue weighted by Crippen LogP contribution is 2.25. The number of carbonyl (C=O) groups is 1. The van der Waals surface area contributed by atoms with Crippen LogP contribution in [0, 0.1) is 3.57 Å². The van der Waals surface area contributed by atoms with Crippen molar-refractivity contribution >= 4 is 45.5 Å². The minimum absolute atomic E-state index is 0.121. The fourth-order valence-corrected chi connectivity index (χ4v) is 2.91. The van der Waals surface area contributed by atoms with E-state index in [4.69, 9.17) is 0 Å². The van der Waals surface area contributed by atoms with Gasteiger partial charge < -0.3 is 5.11 Å². The first-order chi connectivity index (χ1) is 11.2. The molecule has 0 aliphatic heterocycles. The summed E-state index contributed by atoms with van der Waals surface area (Å²) in [5.41, 5.74) is 3.63. The lowest BCUT2D eigenvalue weighted by atomic mass is 10.0. The van der Waals surface area contributed by atoms with Crippen molar-refractivity contribution < 1.29 is 9.90 Å². The molecule has 0 unspecified atom stereocenters. The lowest BCUT2D eigenvalue weighted by Gasteiger charge is -2.05. The summed E-state index contributed by atoms with van der Waals surface area (Å²) in [5.74, 6) is -0.165. The Morgan fingerprint density at radius 1 is 1.04 bits per heavy atom. The Morgan fingerprint density at radius 2 is 1.78 bits per heavy atom. The number of carbonyl (C=O) groups excluding carboxylic acids is 1. The Kier molecular flexibility index (Phi) is 4.57. The summed E-state index contributed by atoms with van der Waals surface area (Å²) in [6.07, 6.45) is 1.46. The van der Waals surface area contributed by atoms with Crippen LogP contribution in [-0.2, 0) is 0 Å². The molecular formula is C18H13IN2O2. The third-order valence-corrected chi connectivity index (χ3v) is 4.37. The molecule has 0 saturated carbocycles. The Labute approximate surface area is 147 Å². The van der Waals surface area contributed by atoms with Crippen molar-refractivity contribution in [2.24, 2.45) is 5.10 Å². The summed E-state index contributed by atoms with van der Waals surface area (Å²) in [6.45, 7) is 0. The number of aromatic hydroxyl groups is 1. The zero-order valence-electron chi connectivity index (χ0n) is 12.0. The van der Waals surface area contributed by atoms with Gasteiger partial charge in [-0.05, 0) is 51.6 Å². The van der Waals surface area contributed by atoms with E-state index in [1.807, 2.05) is 42.5 Å². The molecule has 0 saturated heterocycles. The average molecular weight is 416 g/mol. The van der Waals surface area contributed by atoms with E-state index in [1.165, 1.54) is 6.21 Å². The van der Waals surface area contributed by atoms with Gasteiger partial charge in [-0.25, -0.2) is 5.43 Å². The summed E-state index contributed by atoms with van der Waals surface area (Å²) in [5, 5.41) is 15.9. The first-order valence-electron chi connectivity index (χ1n) is 6.95. The fourth-order valence-electron chi connectivity index (χ4n) is 2.28. The van der Waals surface area contributed by atoms with Gasteiger partial charge in [-0.3, -0.25) is 4.79 Å². The van der Waals surface area contributed by atoms with Gasteiger partial charge in [0.25, 0.3) is 5.91 Å². The smallest absolute Gasteiger partial charge is 0.272 e. The minimum Gasteiger partial charge on any atom is -0.507 e. The molecule has 0 aliphatic carbocycles. The topological polar surface area (TPSA) is 61.7 Å². The van der Waals surface area contributed by atoms with Crippen LogP contribution < -0.4 is 5.43 Å². The number of benzene rings is 3. The largest absolute Gasteiger partial charge is 0.507 e. The molecule has 0 atom stereocenters. The van der Waals surface area contributed by atoms with Crippen LogP contribution in [-0.4, -0.2) is 17.2 Å². The lowest BCUT2D eigenvalue weighted by Crippen LogP contribution is -2.18. The zero-order valence-corrected chi connectivity index (χ0v) is 14.2. The molecule has 5 heteroatoms. The van der Waals surface area contributed by atoms with Crippen molar-refractivity contribution in [3.05, 3.63) is 75.4 Å². The molecular weight excluding hydrogens is 403 g/mol. The van der Waals surface area contributed by atoms with E-state index in [0.29, 0.717) is 11.1 Å². The summed E-state index contributed by atoms with van der Waals surface area (Å²) in [4.78, 5) is 12.1. The number of rotatable bonds is 3. The van der Waals surface area contributed by atoms with Crippen molar-refractivity contribution in [2.75, 3.05) is 0 Å². The number of hydrogen-bond donors (Lipinski definition) is 2. The number of halogens is 1. The standard InChI is InChI=1S/C18H13IN2O2/c19-16-8-4-3-7-14(16)18(23)21-20-11-15-13-6-2-1-5-12(13)9-10-17(15)22/h1-11,22H,(H,21,23).